The minimum atomic E-state index is -0.238. The van der Waals surface area contributed by atoms with Crippen LogP contribution in [0.15, 0.2) is 46.9 Å². The van der Waals surface area contributed by atoms with E-state index in [9.17, 15) is 4.39 Å². The summed E-state index contributed by atoms with van der Waals surface area (Å²) in [5.41, 5.74) is 2.50. The van der Waals surface area contributed by atoms with Gasteiger partial charge in [0.05, 0.1) is 11.6 Å². The Bertz CT molecular complexity index is 588. The summed E-state index contributed by atoms with van der Waals surface area (Å²) >= 11 is 3.40. The summed E-state index contributed by atoms with van der Waals surface area (Å²) in [4.78, 5) is 0. The molecule has 0 radical (unpaired) electrons. The molecule has 2 aromatic rings. The van der Waals surface area contributed by atoms with E-state index in [4.69, 9.17) is 5.26 Å². The average Bonchev–Trinajstić information content (AvgIpc) is 2.39. The van der Waals surface area contributed by atoms with Gasteiger partial charge in [-0.1, -0.05) is 12.1 Å². The predicted octanol–water partition coefficient (Wildman–Crippen LogP) is 4.07. The van der Waals surface area contributed by atoms with E-state index in [1.165, 1.54) is 12.1 Å². The predicted molar refractivity (Wildman–Crippen MR) is 72.6 cm³/mol. The second-order valence-corrected chi connectivity index (χ2v) is 4.64. The van der Waals surface area contributed by atoms with Crippen molar-refractivity contribution in [3.63, 3.8) is 0 Å². The van der Waals surface area contributed by atoms with Gasteiger partial charge in [0, 0.05) is 16.7 Å². The van der Waals surface area contributed by atoms with E-state index in [1.807, 2.05) is 6.07 Å². The van der Waals surface area contributed by atoms with Gasteiger partial charge in [0.25, 0.3) is 0 Å². The first-order valence-corrected chi connectivity index (χ1v) is 6.16. The van der Waals surface area contributed by atoms with Gasteiger partial charge in [0.1, 0.15) is 5.82 Å². The van der Waals surface area contributed by atoms with Gasteiger partial charge < -0.3 is 5.32 Å². The zero-order valence-corrected chi connectivity index (χ0v) is 11.0. The van der Waals surface area contributed by atoms with Crippen molar-refractivity contribution in [3.05, 3.63) is 63.9 Å². The molecule has 2 aromatic carbocycles. The van der Waals surface area contributed by atoms with E-state index in [2.05, 4.69) is 27.3 Å². The molecule has 0 atom stereocenters. The molecule has 0 aliphatic rings. The molecule has 0 heterocycles. The Balaban J connectivity index is 2.06. The lowest BCUT2D eigenvalue weighted by Gasteiger charge is -2.08. The zero-order chi connectivity index (χ0) is 13.0. The highest BCUT2D eigenvalue weighted by Crippen LogP contribution is 2.23. The molecule has 0 aliphatic heterocycles. The van der Waals surface area contributed by atoms with Crippen LogP contribution in [0.3, 0.4) is 0 Å². The maximum Gasteiger partial charge on any atom is 0.123 e. The number of nitrogens with zero attached hydrogens (tertiary/aromatic N) is 1. The number of rotatable bonds is 3. The first-order valence-electron chi connectivity index (χ1n) is 5.37. The Morgan fingerprint density at radius 3 is 2.50 bits per heavy atom. The van der Waals surface area contributed by atoms with Crippen molar-refractivity contribution in [2.24, 2.45) is 0 Å². The molecule has 4 heteroatoms. The Kier molecular flexibility index (Phi) is 3.96. The highest BCUT2D eigenvalue weighted by atomic mass is 79.9. The fourth-order valence-electron chi connectivity index (χ4n) is 1.53. The molecule has 18 heavy (non-hydrogen) atoms. The molecule has 2 nitrogen and oxygen atoms in total. The monoisotopic (exact) mass is 304 g/mol. The van der Waals surface area contributed by atoms with Gasteiger partial charge in [0.2, 0.25) is 0 Å². The summed E-state index contributed by atoms with van der Waals surface area (Å²) < 4.78 is 13.6. The molecule has 0 unspecified atom stereocenters. The smallest absolute Gasteiger partial charge is 0.123 e. The van der Waals surface area contributed by atoms with Gasteiger partial charge in [-0.3, -0.25) is 0 Å². The molecule has 90 valence electrons. The number of halogens is 2. The minimum Gasteiger partial charge on any atom is -0.380 e. The molecular formula is C14H10BrFN2. The van der Waals surface area contributed by atoms with Gasteiger partial charge >= 0.3 is 0 Å². The summed E-state index contributed by atoms with van der Waals surface area (Å²) in [5, 5.41) is 12.0. The summed E-state index contributed by atoms with van der Waals surface area (Å²) in [6.45, 7) is 0.602. The van der Waals surface area contributed by atoms with Gasteiger partial charge in [0.15, 0.2) is 0 Å². The molecule has 0 amide bonds. The number of anilines is 1. The third kappa shape index (κ3) is 3.08. The summed E-state index contributed by atoms with van der Waals surface area (Å²) in [6.07, 6.45) is 0. The van der Waals surface area contributed by atoms with Crippen molar-refractivity contribution in [1.82, 2.24) is 0 Å². The molecule has 0 saturated heterocycles. The summed E-state index contributed by atoms with van der Waals surface area (Å²) in [7, 11) is 0. The summed E-state index contributed by atoms with van der Waals surface area (Å²) in [5.74, 6) is -0.238. The Morgan fingerprint density at radius 1 is 1.17 bits per heavy atom. The first kappa shape index (κ1) is 12.6. The molecule has 1 N–H and O–H groups in total. The molecule has 0 saturated carbocycles. The van der Waals surface area contributed by atoms with E-state index in [0.717, 1.165) is 15.7 Å². The molecule has 0 bridgehead atoms. The van der Waals surface area contributed by atoms with Crippen LogP contribution in [-0.4, -0.2) is 0 Å². The van der Waals surface area contributed by atoms with Gasteiger partial charge in [-0.2, -0.15) is 5.26 Å². The Labute approximate surface area is 113 Å². The number of nitrogens with one attached hydrogen (secondary N) is 1. The second kappa shape index (κ2) is 5.65. The molecule has 0 aromatic heterocycles. The van der Waals surface area contributed by atoms with Crippen molar-refractivity contribution in [1.29, 1.82) is 5.26 Å². The van der Waals surface area contributed by atoms with Crippen LogP contribution in [0.1, 0.15) is 11.1 Å². The van der Waals surface area contributed by atoms with E-state index in [-0.39, 0.29) is 5.82 Å². The lowest BCUT2D eigenvalue weighted by atomic mass is 10.2. The fraction of sp³-hybridized carbons (Fsp3) is 0.0714. The quantitative estimate of drug-likeness (QED) is 0.927. The van der Waals surface area contributed by atoms with Crippen molar-refractivity contribution in [2.45, 2.75) is 6.54 Å². The SMILES string of the molecule is N#Cc1ccc(NCc2ccc(F)cc2)c(Br)c1. The molecule has 0 aliphatic carbocycles. The maximum absolute atomic E-state index is 12.7. The largest absolute Gasteiger partial charge is 0.380 e. The minimum absolute atomic E-state index is 0.238. The Morgan fingerprint density at radius 2 is 1.89 bits per heavy atom. The van der Waals surface area contributed by atoms with Crippen LogP contribution in [0.2, 0.25) is 0 Å². The van der Waals surface area contributed by atoms with Crippen molar-refractivity contribution in [2.75, 3.05) is 5.32 Å². The van der Waals surface area contributed by atoms with Gasteiger partial charge in [-0.15, -0.1) is 0 Å². The molecular weight excluding hydrogens is 295 g/mol. The van der Waals surface area contributed by atoms with Crippen LogP contribution in [0.5, 0.6) is 0 Å². The third-order valence-electron chi connectivity index (χ3n) is 2.49. The number of nitriles is 1. The number of hydrogen-bond acceptors (Lipinski definition) is 2. The van der Waals surface area contributed by atoms with Crippen LogP contribution < -0.4 is 5.32 Å². The molecule has 2 rings (SSSR count). The molecule has 0 spiro atoms. The van der Waals surface area contributed by atoms with Crippen molar-refractivity contribution >= 4 is 21.6 Å². The zero-order valence-electron chi connectivity index (χ0n) is 9.45. The number of benzene rings is 2. The standard InChI is InChI=1S/C14H10BrFN2/c15-13-7-11(8-17)3-6-14(13)18-9-10-1-4-12(16)5-2-10/h1-7,18H,9H2. The van der Waals surface area contributed by atoms with Crippen LogP contribution in [-0.2, 0) is 6.54 Å². The highest BCUT2D eigenvalue weighted by Gasteiger charge is 2.01. The number of hydrogen-bond donors (Lipinski definition) is 1. The van der Waals surface area contributed by atoms with E-state index in [0.29, 0.717) is 12.1 Å². The van der Waals surface area contributed by atoms with Crippen LogP contribution in [0.4, 0.5) is 10.1 Å². The lowest BCUT2D eigenvalue weighted by molar-refractivity contribution is 0.627. The van der Waals surface area contributed by atoms with Crippen molar-refractivity contribution < 1.29 is 4.39 Å². The topological polar surface area (TPSA) is 35.8 Å². The first-order chi connectivity index (χ1) is 8.69. The van der Waals surface area contributed by atoms with Crippen LogP contribution in [0, 0.1) is 17.1 Å². The van der Waals surface area contributed by atoms with E-state index >= 15 is 0 Å². The Hall–Kier alpha value is -1.86. The second-order valence-electron chi connectivity index (χ2n) is 3.79. The maximum atomic E-state index is 12.7. The summed E-state index contributed by atoms with van der Waals surface area (Å²) in [6, 6.07) is 13.8. The van der Waals surface area contributed by atoms with Crippen LogP contribution in [0.25, 0.3) is 0 Å². The molecule has 0 fully saturated rings. The van der Waals surface area contributed by atoms with Gasteiger partial charge in [-0.05, 0) is 51.8 Å². The lowest BCUT2D eigenvalue weighted by Crippen LogP contribution is -2.00. The van der Waals surface area contributed by atoms with Crippen LogP contribution >= 0.6 is 15.9 Å². The highest BCUT2D eigenvalue weighted by molar-refractivity contribution is 9.10. The van der Waals surface area contributed by atoms with E-state index < -0.39 is 0 Å². The average molecular weight is 305 g/mol. The van der Waals surface area contributed by atoms with E-state index in [1.54, 1.807) is 24.3 Å². The fourth-order valence-corrected chi connectivity index (χ4v) is 2.05. The third-order valence-corrected chi connectivity index (χ3v) is 3.15. The normalized spacial score (nSPS) is 9.83. The van der Waals surface area contributed by atoms with Gasteiger partial charge in [-0.25, -0.2) is 4.39 Å². The van der Waals surface area contributed by atoms with Crippen molar-refractivity contribution in [3.8, 4) is 6.07 Å².